The van der Waals surface area contributed by atoms with Crippen LogP contribution < -0.4 is 15.5 Å². The Morgan fingerprint density at radius 1 is 1.04 bits per heavy atom. The third-order valence-corrected chi connectivity index (χ3v) is 5.15. The van der Waals surface area contributed by atoms with E-state index in [-0.39, 0.29) is 23.2 Å². The highest BCUT2D eigenvalue weighted by Gasteiger charge is 2.14. The van der Waals surface area contributed by atoms with Gasteiger partial charge in [-0.15, -0.1) is 0 Å². The van der Waals surface area contributed by atoms with Crippen molar-refractivity contribution in [2.24, 2.45) is 0 Å². The summed E-state index contributed by atoms with van der Waals surface area (Å²) in [7, 11) is 0. The van der Waals surface area contributed by atoms with E-state index in [1.54, 1.807) is 36.6 Å². The van der Waals surface area contributed by atoms with Crippen LogP contribution in [0.1, 0.15) is 21.6 Å². The van der Waals surface area contributed by atoms with Crippen molar-refractivity contribution in [3.8, 4) is 0 Å². The zero-order valence-corrected chi connectivity index (χ0v) is 16.3. The number of carbonyl (C=O) groups is 2. The Labute approximate surface area is 166 Å². The van der Waals surface area contributed by atoms with E-state index < -0.39 is 0 Å². The van der Waals surface area contributed by atoms with E-state index >= 15 is 0 Å². The van der Waals surface area contributed by atoms with Gasteiger partial charge in [-0.05, 0) is 31.0 Å². The minimum atomic E-state index is -0.354. The molecule has 0 spiro atoms. The first-order valence-electron chi connectivity index (χ1n) is 8.90. The molecule has 144 valence electrons. The number of amides is 2. The lowest BCUT2D eigenvalue weighted by atomic mass is 10.1. The number of nitrogens with zero attached hydrogens (tertiary/aromatic N) is 1. The molecule has 0 saturated carbocycles. The molecule has 1 aromatic heterocycles. The first kappa shape index (κ1) is 19.6. The lowest BCUT2D eigenvalue weighted by Crippen LogP contribution is -2.29. The van der Waals surface area contributed by atoms with Gasteiger partial charge in [0.2, 0.25) is 5.91 Å². The van der Waals surface area contributed by atoms with Gasteiger partial charge in [0.25, 0.3) is 5.91 Å². The van der Waals surface area contributed by atoms with Crippen molar-refractivity contribution in [1.29, 1.82) is 0 Å². The van der Waals surface area contributed by atoms with Gasteiger partial charge in [0, 0.05) is 17.6 Å². The molecule has 0 bridgehead atoms. The zero-order chi connectivity index (χ0) is 19.9. The molecule has 0 aliphatic rings. The average molecular weight is 395 g/mol. The fourth-order valence-electron chi connectivity index (χ4n) is 2.78. The summed E-state index contributed by atoms with van der Waals surface area (Å²) in [6.07, 6.45) is 0.724. The van der Waals surface area contributed by atoms with Gasteiger partial charge in [0.15, 0.2) is 0 Å². The van der Waals surface area contributed by atoms with Gasteiger partial charge in [-0.25, -0.2) is 0 Å². The number of carbonyl (C=O) groups excluding carboxylic acids is 2. The summed E-state index contributed by atoms with van der Waals surface area (Å²) in [6, 6.07) is 16.7. The van der Waals surface area contributed by atoms with Gasteiger partial charge in [-0.1, -0.05) is 53.8 Å². The Bertz CT molecular complexity index is 1020. The number of rotatable bonds is 7. The molecule has 0 aliphatic carbocycles. The molecule has 2 amide bonds. The molecule has 0 fully saturated rings. The van der Waals surface area contributed by atoms with Crippen molar-refractivity contribution in [1.82, 2.24) is 9.88 Å². The van der Waals surface area contributed by atoms with E-state index in [2.05, 4.69) is 10.6 Å². The van der Waals surface area contributed by atoms with E-state index in [9.17, 15) is 14.4 Å². The van der Waals surface area contributed by atoms with Crippen LogP contribution in [-0.4, -0.2) is 22.9 Å². The number of nitrogens with one attached hydrogen (secondary N) is 2. The summed E-state index contributed by atoms with van der Waals surface area (Å²) in [5.41, 5.74) is 2.68. The Morgan fingerprint density at radius 2 is 1.75 bits per heavy atom. The van der Waals surface area contributed by atoms with E-state index in [0.717, 1.165) is 29.0 Å². The Morgan fingerprint density at radius 3 is 2.46 bits per heavy atom. The molecular formula is C21H21N3O3S. The highest BCUT2D eigenvalue weighted by molar-refractivity contribution is 7.07. The summed E-state index contributed by atoms with van der Waals surface area (Å²) in [6.45, 7) is 2.19. The first-order valence-corrected chi connectivity index (χ1v) is 9.78. The molecule has 2 aromatic carbocycles. The molecule has 0 unspecified atom stereocenters. The van der Waals surface area contributed by atoms with Crippen molar-refractivity contribution in [3.05, 3.63) is 86.5 Å². The molecule has 28 heavy (non-hydrogen) atoms. The summed E-state index contributed by atoms with van der Waals surface area (Å²) in [5, 5.41) is 7.33. The van der Waals surface area contributed by atoms with Crippen LogP contribution in [0.5, 0.6) is 0 Å². The van der Waals surface area contributed by atoms with Crippen LogP contribution in [0.25, 0.3) is 0 Å². The van der Waals surface area contributed by atoms with Crippen molar-refractivity contribution in [2.75, 3.05) is 11.9 Å². The van der Waals surface area contributed by atoms with Gasteiger partial charge >= 0.3 is 4.87 Å². The summed E-state index contributed by atoms with van der Waals surface area (Å²) < 4.78 is 1.41. The number of thiazole rings is 1. The quantitative estimate of drug-likeness (QED) is 0.646. The lowest BCUT2D eigenvalue weighted by Gasteiger charge is -2.12. The lowest BCUT2D eigenvalue weighted by molar-refractivity contribution is -0.116. The minimum Gasteiger partial charge on any atom is -0.352 e. The normalized spacial score (nSPS) is 10.5. The second-order valence-corrected chi connectivity index (χ2v) is 7.14. The van der Waals surface area contributed by atoms with Gasteiger partial charge in [-0.2, -0.15) is 0 Å². The van der Waals surface area contributed by atoms with Gasteiger partial charge in [-0.3, -0.25) is 19.0 Å². The van der Waals surface area contributed by atoms with Gasteiger partial charge < -0.3 is 10.6 Å². The molecule has 0 aliphatic heterocycles. The number of anilines is 1. The van der Waals surface area contributed by atoms with Crippen molar-refractivity contribution in [2.45, 2.75) is 19.9 Å². The third kappa shape index (κ3) is 4.95. The molecule has 7 heteroatoms. The second-order valence-electron chi connectivity index (χ2n) is 6.31. The molecule has 0 saturated heterocycles. The summed E-state index contributed by atoms with van der Waals surface area (Å²) >= 11 is 1.06. The van der Waals surface area contributed by atoms with E-state index in [0.29, 0.717) is 17.8 Å². The van der Waals surface area contributed by atoms with Crippen molar-refractivity contribution >= 4 is 28.8 Å². The molecule has 0 atom stereocenters. The number of hydrogen-bond acceptors (Lipinski definition) is 4. The fraction of sp³-hybridized carbons (Fsp3) is 0.190. The number of aryl methyl sites for hydroxylation is 1. The smallest absolute Gasteiger partial charge is 0.307 e. The average Bonchev–Trinajstić information content (AvgIpc) is 3.01. The Balaban J connectivity index is 1.62. The van der Waals surface area contributed by atoms with Crippen LogP contribution in [0, 0.1) is 6.92 Å². The highest BCUT2D eigenvalue weighted by atomic mass is 32.1. The molecule has 3 rings (SSSR count). The Hall–Kier alpha value is -3.19. The molecule has 6 nitrogen and oxygen atoms in total. The largest absolute Gasteiger partial charge is 0.352 e. The van der Waals surface area contributed by atoms with Crippen LogP contribution >= 0.6 is 11.3 Å². The highest BCUT2D eigenvalue weighted by Crippen LogP contribution is 2.15. The van der Waals surface area contributed by atoms with Gasteiger partial charge in [0.1, 0.15) is 6.54 Å². The molecule has 2 N–H and O–H groups in total. The number of aromatic nitrogens is 1. The molecular weight excluding hydrogens is 374 g/mol. The van der Waals surface area contributed by atoms with E-state index in [4.69, 9.17) is 0 Å². The predicted molar refractivity (Wildman–Crippen MR) is 111 cm³/mol. The van der Waals surface area contributed by atoms with Crippen LogP contribution in [0.2, 0.25) is 0 Å². The van der Waals surface area contributed by atoms with E-state index in [1.165, 1.54) is 4.57 Å². The fourth-order valence-corrected chi connectivity index (χ4v) is 3.51. The maximum absolute atomic E-state index is 12.5. The van der Waals surface area contributed by atoms with Crippen LogP contribution in [0.15, 0.2) is 64.8 Å². The second kappa shape index (κ2) is 9.14. The van der Waals surface area contributed by atoms with Crippen LogP contribution in [0.3, 0.4) is 0 Å². The topological polar surface area (TPSA) is 80.2 Å². The summed E-state index contributed by atoms with van der Waals surface area (Å²) in [4.78, 5) is 36.5. The van der Waals surface area contributed by atoms with Crippen LogP contribution in [-0.2, 0) is 17.8 Å². The minimum absolute atomic E-state index is 0.0852. The van der Waals surface area contributed by atoms with Crippen molar-refractivity contribution in [3.63, 3.8) is 0 Å². The number of hydrogen-bond donors (Lipinski definition) is 2. The number of para-hydroxylation sites is 1. The molecule has 0 radical (unpaired) electrons. The van der Waals surface area contributed by atoms with Crippen LogP contribution in [0.4, 0.5) is 5.69 Å². The third-order valence-electron chi connectivity index (χ3n) is 4.27. The monoisotopic (exact) mass is 395 g/mol. The molecule has 1 heterocycles. The standard InChI is InChI=1S/C21H21N3O3S/c1-15-14-28-21(27)24(15)13-19(25)23-18-10-6-5-9-17(18)20(26)22-12-11-16-7-3-2-4-8-16/h2-10,14H,11-13H2,1H3,(H,22,26)(H,23,25). The SMILES string of the molecule is Cc1csc(=O)n1CC(=O)Nc1ccccc1C(=O)NCCc1ccccc1. The van der Waals surface area contributed by atoms with Gasteiger partial charge in [0.05, 0.1) is 11.3 Å². The van der Waals surface area contributed by atoms with E-state index in [1.807, 2.05) is 30.3 Å². The number of benzene rings is 2. The predicted octanol–water partition coefficient (Wildman–Crippen LogP) is 2.83. The zero-order valence-electron chi connectivity index (χ0n) is 15.5. The van der Waals surface area contributed by atoms with Crippen molar-refractivity contribution < 1.29 is 9.59 Å². The molecule has 3 aromatic rings. The maximum atomic E-state index is 12.5. The summed E-state index contributed by atoms with van der Waals surface area (Å²) in [5.74, 6) is -0.608. The first-order chi connectivity index (χ1) is 13.5. The maximum Gasteiger partial charge on any atom is 0.307 e. The Kier molecular flexibility index (Phi) is 6.39.